The van der Waals surface area contributed by atoms with Crippen LogP contribution < -0.4 is 4.72 Å². The van der Waals surface area contributed by atoms with E-state index in [1.807, 2.05) is 0 Å². The summed E-state index contributed by atoms with van der Waals surface area (Å²) in [6, 6.07) is 1.54. The lowest BCUT2D eigenvalue weighted by Crippen LogP contribution is -2.29. The van der Waals surface area contributed by atoms with Gasteiger partial charge in [-0.25, -0.2) is 13.1 Å². The standard InChI is InChI=1S/C12H20N2O3S2/c15-10-11-12(4-9-18-11)19(16,17)13-5-3-8-14-6-1-2-7-14/h4,9,13,15H,1-3,5-8,10H2. The predicted molar refractivity (Wildman–Crippen MR) is 75.7 cm³/mol. The number of aliphatic hydroxyl groups is 1. The van der Waals surface area contributed by atoms with Crippen LogP contribution in [0.2, 0.25) is 0 Å². The van der Waals surface area contributed by atoms with Gasteiger partial charge in [0.05, 0.1) is 11.5 Å². The van der Waals surface area contributed by atoms with Crippen LogP contribution in [0, 0.1) is 0 Å². The van der Waals surface area contributed by atoms with Crippen molar-refractivity contribution in [1.29, 1.82) is 0 Å². The van der Waals surface area contributed by atoms with E-state index in [1.54, 1.807) is 11.4 Å². The van der Waals surface area contributed by atoms with Gasteiger partial charge in [0.2, 0.25) is 10.0 Å². The van der Waals surface area contributed by atoms with Crippen molar-refractivity contribution < 1.29 is 13.5 Å². The lowest BCUT2D eigenvalue weighted by atomic mass is 10.4. The summed E-state index contributed by atoms with van der Waals surface area (Å²) in [5.41, 5.74) is 0. The zero-order valence-corrected chi connectivity index (χ0v) is 12.5. The molecule has 108 valence electrons. The summed E-state index contributed by atoms with van der Waals surface area (Å²) in [4.78, 5) is 3.06. The van der Waals surface area contributed by atoms with E-state index in [0.717, 1.165) is 26.1 Å². The summed E-state index contributed by atoms with van der Waals surface area (Å²) in [5, 5.41) is 10.8. The third-order valence-corrected chi connectivity index (χ3v) is 5.86. The Morgan fingerprint density at radius 1 is 1.37 bits per heavy atom. The number of nitrogens with one attached hydrogen (secondary N) is 1. The maximum atomic E-state index is 12.0. The Kier molecular flexibility index (Phi) is 5.35. The van der Waals surface area contributed by atoms with Gasteiger partial charge in [0.15, 0.2) is 0 Å². The van der Waals surface area contributed by atoms with E-state index in [0.29, 0.717) is 11.4 Å². The molecule has 1 aromatic heterocycles. The summed E-state index contributed by atoms with van der Waals surface area (Å²) < 4.78 is 26.7. The van der Waals surface area contributed by atoms with E-state index in [-0.39, 0.29) is 11.5 Å². The van der Waals surface area contributed by atoms with Crippen molar-refractivity contribution in [1.82, 2.24) is 9.62 Å². The average molecular weight is 304 g/mol. The highest BCUT2D eigenvalue weighted by molar-refractivity contribution is 7.89. The van der Waals surface area contributed by atoms with Gasteiger partial charge in [-0.05, 0) is 50.3 Å². The Hall–Kier alpha value is -0.470. The fourth-order valence-corrected chi connectivity index (χ4v) is 4.64. The molecular formula is C12H20N2O3S2. The first-order valence-electron chi connectivity index (χ1n) is 6.53. The van der Waals surface area contributed by atoms with Crippen LogP contribution in [-0.4, -0.2) is 44.6 Å². The molecule has 0 bridgehead atoms. The van der Waals surface area contributed by atoms with Gasteiger partial charge in [0.1, 0.15) is 0 Å². The molecule has 7 heteroatoms. The van der Waals surface area contributed by atoms with Crippen molar-refractivity contribution in [2.45, 2.75) is 30.8 Å². The van der Waals surface area contributed by atoms with Crippen molar-refractivity contribution in [3.8, 4) is 0 Å². The summed E-state index contributed by atoms with van der Waals surface area (Å²) in [6.45, 7) is 3.41. The first kappa shape index (κ1) is 14.9. The smallest absolute Gasteiger partial charge is 0.241 e. The van der Waals surface area contributed by atoms with Gasteiger partial charge < -0.3 is 10.0 Å². The number of thiophene rings is 1. The molecule has 2 heterocycles. The molecular weight excluding hydrogens is 284 g/mol. The minimum absolute atomic E-state index is 0.209. The van der Waals surface area contributed by atoms with Crippen molar-refractivity contribution >= 4 is 21.4 Å². The number of sulfonamides is 1. The Labute approximate surface area is 118 Å². The third-order valence-electron chi connectivity index (χ3n) is 3.28. The topological polar surface area (TPSA) is 69.6 Å². The van der Waals surface area contributed by atoms with Crippen LogP contribution in [0.1, 0.15) is 24.1 Å². The summed E-state index contributed by atoms with van der Waals surface area (Å²) >= 11 is 1.26. The summed E-state index contributed by atoms with van der Waals surface area (Å²) in [7, 11) is -3.47. The molecule has 1 aliphatic heterocycles. The lowest BCUT2D eigenvalue weighted by molar-refractivity contribution is 0.282. The SMILES string of the molecule is O=S(=O)(NCCCN1CCCC1)c1ccsc1CO. The van der Waals surface area contributed by atoms with Crippen LogP contribution in [0.15, 0.2) is 16.3 Å². The molecule has 0 unspecified atom stereocenters. The summed E-state index contributed by atoms with van der Waals surface area (Å²) in [5.74, 6) is 0. The molecule has 1 saturated heterocycles. The molecule has 0 spiro atoms. The zero-order valence-electron chi connectivity index (χ0n) is 10.8. The number of likely N-dealkylation sites (tertiary alicyclic amines) is 1. The van der Waals surface area contributed by atoms with Gasteiger partial charge in [0.25, 0.3) is 0 Å². The molecule has 1 aromatic rings. The maximum absolute atomic E-state index is 12.0. The third kappa shape index (κ3) is 4.00. The fraction of sp³-hybridized carbons (Fsp3) is 0.667. The van der Waals surface area contributed by atoms with Crippen LogP contribution in [0.4, 0.5) is 0 Å². The fourth-order valence-electron chi connectivity index (χ4n) is 2.28. The maximum Gasteiger partial charge on any atom is 0.241 e. The second-order valence-electron chi connectivity index (χ2n) is 4.67. The first-order valence-corrected chi connectivity index (χ1v) is 8.89. The van der Waals surface area contributed by atoms with Gasteiger partial charge in [-0.2, -0.15) is 0 Å². The van der Waals surface area contributed by atoms with Gasteiger partial charge in [-0.15, -0.1) is 11.3 Å². The molecule has 0 aromatic carbocycles. The largest absolute Gasteiger partial charge is 0.391 e. The van der Waals surface area contributed by atoms with E-state index < -0.39 is 10.0 Å². The zero-order chi connectivity index (χ0) is 13.7. The van der Waals surface area contributed by atoms with Crippen LogP contribution in [0.25, 0.3) is 0 Å². The number of nitrogens with zero attached hydrogens (tertiary/aromatic N) is 1. The van der Waals surface area contributed by atoms with Crippen LogP contribution in [0.5, 0.6) is 0 Å². The quantitative estimate of drug-likeness (QED) is 0.738. The molecule has 19 heavy (non-hydrogen) atoms. The van der Waals surface area contributed by atoms with E-state index >= 15 is 0 Å². The first-order chi connectivity index (χ1) is 9.13. The lowest BCUT2D eigenvalue weighted by Gasteiger charge is -2.14. The highest BCUT2D eigenvalue weighted by atomic mass is 32.2. The molecule has 0 aliphatic carbocycles. The molecule has 0 saturated carbocycles. The van der Waals surface area contributed by atoms with Crippen LogP contribution >= 0.6 is 11.3 Å². The molecule has 2 N–H and O–H groups in total. The van der Waals surface area contributed by atoms with Gasteiger partial charge >= 0.3 is 0 Å². The number of hydrogen-bond acceptors (Lipinski definition) is 5. The van der Waals surface area contributed by atoms with Gasteiger partial charge in [-0.3, -0.25) is 0 Å². The highest BCUT2D eigenvalue weighted by Crippen LogP contribution is 2.21. The molecule has 1 aliphatic rings. The molecule has 1 fully saturated rings. The van der Waals surface area contributed by atoms with E-state index in [4.69, 9.17) is 5.11 Å². The molecule has 0 atom stereocenters. The van der Waals surface area contributed by atoms with E-state index in [1.165, 1.54) is 24.2 Å². The normalized spacial score (nSPS) is 17.1. The van der Waals surface area contributed by atoms with Crippen molar-refractivity contribution in [2.75, 3.05) is 26.2 Å². The molecule has 0 amide bonds. The summed E-state index contributed by atoms with van der Waals surface area (Å²) in [6.07, 6.45) is 3.32. The van der Waals surface area contributed by atoms with Gasteiger partial charge in [0, 0.05) is 11.4 Å². The van der Waals surface area contributed by atoms with Crippen molar-refractivity contribution in [2.24, 2.45) is 0 Å². The Morgan fingerprint density at radius 3 is 2.79 bits per heavy atom. The Bertz CT molecular complexity index is 493. The Morgan fingerprint density at radius 2 is 2.11 bits per heavy atom. The monoisotopic (exact) mass is 304 g/mol. The van der Waals surface area contributed by atoms with Gasteiger partial charge in [-0.1, -0.05) is 0 Å². The van der Waals surface area contributed by atoms with Crippen LogP contribution in [-0.2, 0) is 16.6 Å². The molecule has 5 nitrogen and oxygen atoms in total. The second kappa shape index (κ2) is 6.81. The number of rotatable bonds is 7. The van der Waals surface area contributed by atoms with E-state index in [9.17, 15) is 8.42 Å². The molecule has 2 rings (SSSR count). The number of hydrogen-bond donors (Lipinski definition) is 2. The second-order valence-corrected chi connectivity index (χ2v) is 7.40. The highest BCUT2D eigenvalue weighted by Gasteiger charge is 2.19. The Balaban J connectivity index is 1.81. The average Bonchev–Trinajstić information content (AvgIpc) is 3.05. The minimum Gasteiger partial charge on any atom is -0.391 e. The van der Waals surface area contributed by atoms with Crippen molar-refractivity contribution in [3.63, 3.8) is 0 Å². The predicted octanol–water partition coefficient (Wildman–Crippen LogP) is 1.00. The van der Waals surface area contributed by atoms with E-state index in [2.05, 4.69) is 9.62 Å². The molecule has 0 radical (unpaired) electrons. The minimum atomic E-state index is -3.47. The number of aliphatic hydroxyl groups excluding tert-OH is 1. The van der Waals surface area contributed by atoms with Crippen molar-refractivity contribution in [3.05, 3.63) is 16.3 Å². The van der Waals surface area contributed by atoms with Crippen LogP contribution in [0.3, 0.4) is 0 Å².